The van der Waals surface area contributed by atoms with Gasteiger partial charge in [0.05, 0.1) is 13.7 Å². The molecular formula is C22H24N2O4. The highest BCUT2D eigenvalue weighted by atomic mass is 16.5. The quantitative estimate of drug-likeness (QED) is 0.683. The summed E-state index contributed by atoms with van der Waals surface area (Å²) in [5.74, 6) is 0.586. The maximum atomic E-state index is 12.5. The number of ether oxygens (including phenoxy) is 2. The van der Waals surface area contributed by atoms with Gasteiger partial charge in [-0.15, -0.1) is 0 Å². The van der Waals surface area contributed by atoms with E-state index in [-0.39, 0.29) is 18.2 Å². The summed E-state index contributed by atoms with van der Waals surface area (Å²) >= 11 is 0. The molecule has 1 N–H and O–H groups in total. The molecule has 6 nitrogen and oxygen atoms in total. The summed E-state index contributed by atoms with van der Waals surface area (Å²) in [6, 6.07) is 17.3. The Morgan fingerprint density at radius 3 is 2.36 bits per heavy atom. The van der Waals surface area contributed by atoms with E-state index in [4.69, 9.17) is 9.47 Å². The van der Waals surface area contributed by atoms with Gasteiger partial charge in [0.1, 0.15) is 12.5 Å². The Morgan fingerprint density at radius 2 is 1.71 bits per heavy atom. The van der Waals surface area contributed by atoms with Crippen LogP contribution in [0.5, 0.6) is 5.75 Å². The molecule has 0 amide bonds. The van der Waals surface area contributed by atoms with Crippen LogP contribution in [-0.2, 0) is 18.1 Å². The standard InChI is InChI=1S/C22H24N2O4/c1-15(18-9-11-19(27-3)12-10-18)20-16(2)21(25)23-22(26)24(20)14-28-13-17-7-5-4-6-8-17/h4-12,15H,13-14H2,1-3H3,(H,23,25,26). The van der Waals surface area contributed by atoms with Gasteiger partial charge in [-0.3, -0.25) is 14.3 Å². The van der Waals surface area contributed by atoms with Gasteiger partial charge in [-0.1, -0.05) is 49.4 Å². The third-order valence-corrected chi connectivity index (χ3v) is 4.84. The van der Waals surface area contributed by atoms with E-state index in [0.717, 1.165) is 16.9 Å². The molecule has 0 bridgehead atoms. The third kappa shape index (κ3) is 4.23. The number of benzene rings is 2. The van der Waals surface area contributed by atoms with Gasteiger partial charge in [0.2, 0.25) is 0 Å². The van der Waals surface area contributed by atoms with Gasteiger partial charge in [0.15, 0.2) is 0 Å². The molecule has 0 saturated carbocycles. The summed E-state index contributed by atoms with van der Waals surface area (Å²) in [5, 5.41) is 0. The van der Waals surface area contributed by atoms with E-state index in [9.17, 15) is 9.59 Å². The first-order chi connectivity index (χ1) is 13.5. The molecule has 3 rings (SSSR count). The monoisotopic (exact) mass is 380 g/mol. The number of aromatic nitrogens is 2. The molecule has 3 aromatic rings. The smallest absolute Gasteiger partial charge is 0.330 e. The number of nitrogens with zero attached hydrogens (tertiary/aromatic N) is 1. The fourth-order valence-corrected chi connectivity index (χ4v) is 3.25. The van der Waals surface area contributed by atoms with E-state index in [1.165, 1.54) is 4.57 Å². The van der Waals surface area contributed by atoms with E-state index in [1.54, 1.807) is 14.0 Å². The van der Waals surface area contributed by atoms with Gasteiger partial charge in [0, 0.05) is 17.2 Å². The summed E-state index contributed by atoms with van der Waals surface area (Å²) in [5.41, 5.74) is 2.30. The zero-order chi connectivity index (χ0) is 20.1. The van der Waals surface area contributed by atoms with Crippen molar-refractivity contribution in [3.63, 3.8) is 0 Å². The fraction of sp³-hybridized carbons (Fsp3) is 0.273. The first kappa shape index (κ1) is 19.6. The van der Waals surface area contributed by atoms with Crippen molar-refractivity contribution in [1.29, 1.82) is 0 Å². The van der Waals surface area contributed by atoms with Crippen molar-refractivity contribution in [3.05, 3.63) is 97.8 Å². The highest BCUT2D eigenvalue weighted by Gasteiger charge is 2.19. The molecular weight excluding hydrogens is 356 g/mol. The minimum absolute atomic E-state index is 0.0567. The zero-order valence-corrected chi connectivity index (χ0v) is 16.3. The molecule has 146 valence electrons. The molecule has 2 aromatic carbocycles. The number of nitrogens with one attached hydrogen (secondary N) is 1. The lowest BCUT2D eigenvalue weighted by Crippen LogP contribution is -2.36. The van der Waals surface area contributed by atoms with Crippen LogP contribution >= 0.6 is 0 Å². The predicted molar refractivity (Wildman–Crippen MR) is 108 cm³/mol. The lowest BCUT2D eigenvalue weighted by atomic mass is 9.94. The molecule has 1 unspecified atom stereocenters. The number of hydrogen-bond donors (Lipinski definition) is 1. The molecule has 0 fully saturated rings. The van der Waals surface area contributed by atoms with Gasteiger partial charge < -0.3 is 9.47 Å². The SMILES string of the molecule is COc1ccc(C(C)c2c(C)c(=O)[nH]c(=O)n2COCc2ccccc2)cc1. The van der Waals surface area contributed by atoms with E-state index in [1.807, 2.05) is 61.5 Å². The van der Waals surface area contributed by atoms with Crippen molar-refractivity contribution in [1.82, 2.24) is 9.55 Å². The molecule has 0 aliphatic rings. The summed E-state index contributed by atoms with van der Waals surface area (Å²) in [6.07, 6.45) is 0. The zero-order valence-electron chi connectivity index (χ0n) is 16.3. The van der Waals surface area contributed by atoms with E-state index >= 15 is 0 Å². The lowest BCUT2D eigenvalue weighted by molar-refractivity contribution is 0.0584. The summed E-state index contributed by atoms with van der Waals surface area (Å²) in [6.45, 7) is 4.13. The van der Waals surface area contributed by atoms with Gasteiger partial charge in [-0.25, -0.2) is 4.79 Å². The van der Waals surface area contributed by atoms with E-state index < -0.39 is 5.69 Å². The topological polar surface area (TPSA) is 73.3 Å². The van der Waals surface area contributed by atoms with Crippen molar-refractivity contribution in [3.8, 4) is 5.75 Å². The van der Waals surface area contributed by atoms with Crippen molar-refractivity contribution in [2.24, 2.45) is 0 Å². The number of aromatic amines is 1. The molecule has 1 aromatic heterocycles. The molecule has 28 heavy (non-hydrogen) atoms. The van der Waals surface area contributed by atoms with Gasteiger partial charge in [0.25, 0.3) is 5.56 Å². The second-order valence-electron chi connectivity index (χ2n) is 6.66. The molecule has 0 aliphatic heterocycles. The van der Waals surface area contributed by atoms with Crippen LogP contribution in [0.4, 0.5) is 0 Å². The first-order valence-corrected chi connectivity index (χ1v) is 9.10. The Balaban J connectivity index is 1.92. The third-order valence-electron chi connectivity index (χ3n) is 4.84. The van der Waals surface area contributed by atoms with Crippen LogP contribution in [0.3, 0.4) is 0 Å². The molecule has 6 heteroatoms. The van der Waals surface area contributed by atoms with Crippen LogP contribution < -0.4 is 16.0 Å². The first-order valence-electron chi connectivity index (χ1n) is 9.10. The van der Waals surface area contributed by atoms with Crippen molar-refractivity contribution in [2.45, 2.75) is 33.1 Å². The Labute approximate surface area is 163 Å². The maximum absolute atomic E-state index is 12.5. The average Bonchev–Trinajstić information content (AvgIpc) is 2.72. The van der Waals surface area contributed by atoms with Crippen LogP contribution in [-0.4, -0.2) is 16.7 Å². The summed E-state index contributed by atoms with van der Waals surface area (Å²) < 4.78 is 12.5. The van der Waals surface area contributed by atoms with Gasteiger partial charge in [-0.05, 0) is 30.2 Å². The Kier molecular flexibility index (Phi) is 6.11. The highest BCUT2D eigenvalue weighted by molar-refractivity contribution is 5.35. The second kappa shape index (κ2) is 8.71. The van der Waals surface area contributed by atoms with Crippen LogP contribution in [0, 0.1) is 6.92 Å². The lowest BCUT2D eigenvalue weighted by Gasteiger charge is -2.21. The van der Waals surface area contributed by atoms with Crippen LogP contribution in [0.1, 0.15) is 35.2 Å². The number of rotatable bonds is 7. The van der Waals surface area contributed by atoms with Crippen molar-refractivity contribution < 1.29 is 9.47 Å². The Morgan fingerprint density at radius 1 is 1.04 bits per heavy atom. The van der Waals surface area contributed by atoms with Gasteiger partial charge >= 0.3 is 5.69 Å². The molecule has 0 saturated heterocycles. The summed E-state index contributed by atoms with van der Waals surface area (Å²) in [4.78, 5) is 27.1. The number of H-pyrrole nitrogens is 1. The summed E-state index contributed by atoms with van der Waals surface area (Å²) in [7, 11) is 1.61. The molecule has 0 spiro atoms. The predicted octanol–water partition coefficient (Wildman–Crippen LogP) is 3.18. The normalized spacial score (nSPS) is 12.0. The Hall–Kier alpha value is -3.12. The largest absolute Gasteiger partial charge is 0.497 e. The average molecular weight is 380 g/mol. The van der Waals surface area contributed by atoms with Crippen LogP contribution in [0.2, 0.25) is 0 Å². The molecule has 0 radical (unpaired) electrons. The molecule has 1 atom stereocenters. The highest BCUT2D eigenvalue weighted by Crippen LogP contribution is 2.26. The number of methoxy groups -OCH3 is 1. The molecule has 1 heterocycles. The van der Waals surface area contributed by atoms with Crippen molar-refractivity contribution in [2.75, 3.05) is 7.11 Å². The fourth-order valence-electron chi connectivity index (χ4n) is 3.25. The van der Waals surface area contributed by atoms with Crippen LogP contribution in [0.25, 0.3) is 0 Å². The van der Waals surface area contributed by atoms with Crippen molar-refractivity contribution >= 4 is 0 Å². The maximum Gasteiger partial charge on any atom is 0.330 e. The van der Waals surface area contributed by atoms with E-state index in [0.29, 0.717) is 17.9 Å². The van der Waals surface area contributed by atoms with Gasteiger partial charge in [-0.2, -0.15) is 0 Å². The Bertz CT molecular complexity index is 1040. The minimum Gasteiger partial charge on any atom is -0.497 e. The minimum atomic E-state index is -0.473. The van der Waals surface area contributed by atoms with Crippen LogP contribution in [0.15, 0.2) is 64.2 Å². The van der Waals surface area contributed by atoms with E-state index in [2.05, 4.69) is 4.98 Å². The molecule has 0 aliphatic carbocycles. The number of hydrogen-bond acceptors (Lipinski definition) is 4. The second-order valence-corrected chi connectivity index (χ2v) is 6.66.